The van der Waals surface area contributed by atoms with Gasteiger partial charge in [0.05, 0.1) is 0 Å². The zero-order valence-electron chi connectivity index (χ0n) is 20.1. The molecule has 0 aliphatic heterocycles. The quantitative estimate of drug-likeness (QED) is 0.419. The van der Waals surface area contributed by atoms with Gasteiger partial charge in [-0.1, -0.05) is 60.7 Å². The summed E-state index contributed by atoms with van der Waals surface area (Å²) in [6.07, 6.45) is -0.287. The van der Waals surface area contributed by atoms with E-state index in [1.165, 1.54) is 0 Å². The fourth-order valence-corrected chi connectivity index (χ4v) is 3.42. The number of alkyl carbamates (subject to hydrolysis) is 1. The summed E-state index contributed by atoms with van der Waals surface area (Å²) in [5.74, 6) is -0.218. The van der Waals surface area contributed by atoms with Gasteiger partial charge in [-0.3, -0.25) is 4.79 Å². The second-order valence-electron chi connectivity index (χ2n) is 9.09. The van der Waals surface area contributed by atoms with E-state index in [0.29, 0.717) is 32.4 Å². The van der Waals surface area contributed by atoms with Gasteiger partial charge in [-0.05, 0) is 51.2 Å². The lowest BCUT2D eigenvalue weighted by atomic mass is 10.1. The topological polar surface area (TPSA) is 108 Å². The molecule has 1 atom stereocenters. The number of nitrogens with one attached hydrogen (secondary N) is 2. The highest BCUT2D eigenvalue weighted by Gasteiger charge is 2.28. The van der Waals surface area contributed by atoms with Crippen LogP contribution in [-0.4, -0.2) is 46.3 Å². The minimum Gasteiger partial charge on any atom is -0.465 e. The van der Waals surface area contributed by atoms with Crippen molar-refractivity contribution in [2.24, 2.45) is 0 Å². The molecule has 8 heteroatoms. The molecule has 0 fully saturated rings. The number of carboxylic acid groups (broad SMARTS) is 1. The van der Waals surface area contributed by atoms with Crippen LogP contribution in [0.15, 0.2) is 60.7 Å². The molecule has 0 spiro atoms. The number of unbranched alkanes of at least 4 members (excludes halogenated alkanes) is 1. The lowest BCUT2D eigenvalue weighted by Gasteiger charge is -2.29. The van der Waals surface area contributed by atoms with E-state index in [1.807, 2.05) is 60.7 Å². The molecule has 0 aliphatic carbocycles. The van der Waals surface area contributed by atoms with Crippen LogP contribution in [-0.2, 0) is 22.6 Å². The first-order chi connectivity index (χ1) is 16.1. The van der Waals surface area contributed by atoms with Gasteiger partial charge in [0.2, 0.25) is 5.91 Å². The van der Waals surface area contributed by atoms with Crippen molar-refractivity contribution in [3.05, 3.63) is 71.8 Å². The molecule has 0 radical (unpaired) electrons. The average molecular weight is 470 g/mol. The van der Waals surface area contributed by atoms with Crippen molar-refractivity contribution in [2.75, 3.05) is 6.54 Å². The summed E-state index contributed by atoms with van der Waals surface area (Å²) in [7, 11) is 0. The molecule has 2 aromatic carbocycles. The highest BCUT2D eigenvalue weighted by molar-refractivity contribution is 5.85. The molecule has 0 saturated carbocycles. The van der Waals surface area contributed by atoms with E-state index in [2.05, 4.69) is 10.6 Å². The van der Waals surface area contributed by atoms with Crippen LogP contribution in [0.3, 0.4) is 0 Å². The lowest BCUT2D eigenvalue weighted by molar-refractivity contribution is -0.135. The van der Waals surface area contributed by atoms with E-state index in [9.17, 15) is 14.4 Å². The molecule has 2 aromatic rings. The van der Waals surface area contributed by atoms with Crippen molar-refractivity contribution in [1.82, 2.24) is 15.5 Å². The first-order valence-electron chi connectivity index (χ1n) is 11.5. The average Bonchev–Trinajstić information content (AvgIpc) is 2.77. The minimum absolute atomic E-state index is 0.218. The van der Waals surface area contributed by atoms with Gasteiger partial charge in [0.25, 0.3) is 0 Å². The number of ether oxygens (including phenoxy) is 1. The summed E-state index contributed by atoms with van der Waals surface area (Å²) in [5, 5.41) is 13.8. The second kappa shape index (κ2) is 13.2. The summed E-state index contributed by atoms with van der Waals surface area (Å²) < 4.78 is 5.38. The van der Waals surface area contributed by atoms with E-state index in [0.717, 1.165) is 11.1 Å². The SMILES string of the molecule is CC(C)(C)OC(=O)N[C@@H](CCCCNC(=O)O)C(=O)N(Cc1ccccc1)Cc1ccccc1. The summed E-state index contributed by atoms with van der Waals surface area (Å²) in [4.78, 5) is 38.6. The maximum absolute atomic E-state index is 13.7. The number of hydrogen-bond donors (Lipinski definition) is 3. The lowest BCUT2D eigenvalue weighted by Crippen LogP contribution is -2.49. The zero-order chi connectivity index (χ0) is 25.0. The molecular weight excluding hydrogens is 434 g/mol. The maximum Gasteiger partial charge on any atom is 0.408 e. The highest BCUT2D eigenvalue weighted by Crippen LogP contribution is 2.15. The largest absolute Gasteiger partial charge is 0.465 e. The van der Waals surface area contributed by atoms with E-state index in [-0.39, 0.29) is 12.5 Å². The molecule has 0 heterocycles. The van der Waals surface area contributed by atoms with Gasteiger partial charge in [0.1, 0.15) is 11.6 Å². The number of hydrogen-bond acceptors (Lipinski definition) is 4. The molecule has 34 heavy (non-hydrogen) atoms. The van der Waals surface area contributed by atoms with E-state index in [4.69, 9.17) is 9.84 Å². The Morgan fingerprint density at radius 1 is 0.912 bits per heavy atom. The Morgan fingerprint density at radius 3 is 1.91 bits per heavy atom. The van der Waals surface area contributed by atoms with Crippen molar-refractivity contribution in [1.29, 1.82) is 0 Å². The predicted octanol–water partition coefficient (Wildman–Crippen LogP) is 4.55. The number of carbonyl (C=O) groups excluding carboxylic acids is 2. The molecular formula is C26H35N3O5. The summed E-state index contributed by atoms with van der Waals surface area (Å²) in [6.45, 7) is 6.35. The molecule has 2 rings (SSSR count). The van der Waals surface area contributed by atoms with Crippen LogP contribution in [0.1, 0.15) is 51.2 Å². The van der Waals surface area contributed by atoms with Gasteiger partial charge >= 0.3 is 12.2 Å². The normalized spacial score (nSPS) is 11.9. The summed E-state index contributed by atoms with van der Waals surface area (Å²) >= 11 is 0. The van der Waals surface area contributed by atoms with Gasteiger partial charge < -0.3 is 25.4 Å². The molecule has 0 aromatic heterocycles. The number of benzene rings is 2. The predicted molar refractivity (Wildman–Crippen MR) is 130 cm³/mol. The standard InChI is InChI=1S/C26H35N3O5/c1-26(2,3)34-25(33)28-22(16-10-11-17-27-24(31)32)23(30)29(18-20-12-6-4-7-13-20)19-21-14-8-5-9-15-21/h4-9,12-15,22,27H,10-11,16-19H2,1-3H3,(H,28,33)(H,31,32)/t22-/m0/s1. The third-order valence-corrected chi connectivity index (χ3v) is 4.93. The second-order valence-corrected chi connectivity index (χ2v) is 9.09. The minimum atomic E-state index is -1.09. The third kappa shape index (κ3) is 10.4. The van der Waals surface area contributed by atoms with Crippen LogP contribution < -0.4 is 10.6 Å². The Hall–Kier alpha value is -3.55. The monoisotopic (exact) mass is 469 g/mol. The smallest absolute Gasteiger partial charge is 0.408 e. The third-order valence-electron chi connectivity index (χ3n) is 4.93. The molecule has 3 N–H and O–H groups in total. The van der Waals surface area contributed by atoms with Crippen molar-refractivity contribution < 1.29 is 24.2 Å². The van der Waals surface area contributed by atoms with Gasteiger partial charge in [0.15, 0.2) is 0 Å². The van der Waals surface area contributed by atoms with Gasteiger partial charge in [-0.15, -0.1) is 0 Å². The molecule has 0 unspecified atom stereocenters. The molecule has 0 bridgehead atoms. The summed E-state index contributed by atoms with van der Waals surface area (Å²) in [6, 6.07) is 18.6. The van der Waals surface area contributed by atoms with Crippen LogP contribution >= 0.6 is 0 Å². The van der Waals surface area contributed by atoms with E-state index >= 15 is 0 Å². The van der Waals surface area contributed by atoms with E-state index < -0.39 is 23.8 Å². The van der Waals surface area contributed by atoms with Gasteiger partial charge in [-0.25, -0.2) is 9.59 Å². The van der Waals surface area contributed by atoms with Crippen molar-refractivity contribution in [2.45, 2.75) is 64.8 Å². The Balaban J connectivity index is 2.19. The van der Waals surface area contributed by atoms with Crippen molar-refractivity contribution in [3.8, 4) is 0 Å². The highest BCUT2D eigenvalue weighted by atomic mass is 16.6. The first-order valence-corrected chi connectivity index (χ1v) is 11.5. The Morgan fingerprint density at radius 2 is 1.44 bits per heavy atom. The van der Waals surface area contributed by atoms with Crippen molar-refractivity contribution in [3.63, 3.8) is 0 Å². The van der Waals surface area contributed by atoms with Gasteiger partial charge in [-0.2, -0.15) is 0 Å². The van der Waals surface area contributed by atoms with Crippen LogP contribution in [0.5, 0.6) is 0 Å². The number of rotatable bonds is 11. The molecule has 0 aliphatic rings. The first kappa shape index (κ1) is 26.7. The fourth-order valence-electron chi connectivity index (χ4n) is 3.42. The van der Waals surface area contributed by atoms with E-state index in [1.54, 1.807) is 25.7 Å². The Labute approximate surface area is 201 Å². The molecule has 3 amide bonds. The van der Waals surface area contributed by atoms with Crippen LogP contribution in [0.4, 0.5) is 9.59 Å². The number of nitrogens with zero attached hydrogens (tertiary/aromatic N) is 1. The summed E-state index contributed by atoms with van der Waals surface area (Å²) in [5.41, 5.74) is 1.26. The number of carbonyl (C=O) groups is 3. The zero-order valence-corrected chi connectivity index (χ0v) is 20.1. The van der Waals surface area contributed by atoms with Crippen LogP contribution in [0.25, 0.3) is 0 Å². The van der Waals surface area contributed by atoms with Crippen LogP contribution in [0, 0.1) is 0 Å². The Bertz CT molecular complexity index is 872. The molecule has 184 valence electrons. The van der Waals surface area contributed by atoms with Crippen LogP contribution in [0.2, 0.25) is 0 Å². The number of amides is 3. The Kier molecular flexibility index (Phi) is 10.4. The van der Waals surface area contributed by atoms with Gasteiger partial charge in [0, 0.05) is 19.6 Å². The molecule has 8 nitrogen and oxygen atoms in total. The molecule has 0 saturated heterocycles. The maximum atomic E-state index is 13.7. The van der Waals surface area contributed by atoms with Crippen molar-refractivity contribution >= 4 is 18.1 Å². The fraction of sp³-hybridized carbons (Fsp3) is 0.423.